The third-order valence-electron chi connectivity index (χ3n) is 1.74. The Hall–Kier alpha value is -1.10. The summed E-state index contributed by atoms with van der Waals surface area (Å²) in [4.78, 5) is 22.1. The average Bonchev–Trinajstić information content (AvgIpc) is 1.99. The first-order chi connectivity index (χ1) is 6.76. The maximum Gasteiger partial charge on any atom is 0.326 e. The fourth-order valence-electron chi connectivity index (χ4n) is 1.11. The zero-order valence-corrected chi connectivity index (χ0v) is 9.41. The van der Waals surface area contributed by atoms with Gasteiger partial charge in [0.15, 0.2) is 0 Å². The van der Waals surface area contributed by atoms with Crippen molar-refractivity contribution in [3.63, 3.8) is 0 Å². The van der Waals surface area contributed by atoms with Crippen molar-refractivity contribution in [1.29, 1.82) is 0 Å². The lowest BCUT2D eigenvalue weighted by atomic mass is 9.92. The standard InChI is InChI=1S/C10H19NO4/c1-10(2,3)6-8(13)11-7(4-5-12)9(14)15/h7,12H,4-6H2,1-3H3,(H,11,13)(H,14,15). The molecule has 5 heteroatoms. The highest BCUT2D eigenvalue weighted by Gasteiger charge is 2.22. The lowest BCUT2D eigenvalue weighted by molar-refractivity contribution is -0.142. The van der Waals surface area contributed by atoms with Gasteiger partial charge in [-0.2, -0.15) is 0 Å². The van der Waals surface area contributed by atoms with Crippen LogP contribution in [0.25, 0.3) is 0 Å². The number of aliphatic carboxylic acids is 1. The number of amides is 1. The molecule has 0 aromatic rings. The summed E-state index contributed by atoms with van der Waals surface area (Å²) in [6.45, 7) is 5.43. The molecule has 0 spiro atoms. The molecule has 0 saturated heterocycles. The average molecular weight is 217 g/mol. The first kappa shape index (κ1) is 13.9. The molecule has 1 atom stereocenters. The van der Waals surface area contributed by atoms with Gasteiger partial charge < -0.3 is 15.5 Å². The van der Waals surface area contributed by atoms with Crippen LogP contribution in [0.2, 0.25) is 0 Å². The first-order valence-corrected chi connectivity index (χ1v) is 4.89. The molecule has 0 aliphatic rings. The van der Waals surface area contributed by atoms with Gasteiger partial charge in [-0.25, -0.2) is 4.79 Å². The van der Waals surface area contributed by atoms with Crippen molar-refractivity contribution in [2.45, 2.75) is 39.7 Å². The van der Waals surface area contributed by atoms with Crippen LogP contribution in [0.3, 0.4) is 0 Å². The molecule has 0 rings (SSSR count). The third-order valence-corrected chi connectivity index (χ3v) is 1.74. The summed E-state index contributed by atoms with van der Waals surface area (Å²) in [6.07, 6.45) is 0.299. The van der Waals surface area contributed by atoms with Gasteiger partial charge in [-0.1, -0.05) is 20.8 Å². The highest BCUT2D eigenvalue weighted by atomic mass is 16.4. The number of nitrogens with one attached hydrogen (secondary N) is 1. The van der Waals surface area contributed by atoms with Crippen LogP contribution in [0, 0.1) is 5.41 Å². The molecular weight excluding hydrogens is 198 g/mol. The van der Waals surface area contributed by atoms with E-state index in [0.717, 1.165) is 0 Å². The number of carbonyl (C=O) groups excluding carboxylic acids is 1. The lowest BCUT2D eigenvalue weighted by Crippen LogP contribution is -2.42. The normalized spacial score (nSPS) is 13.3. The summed E-state index contributed by atoms with van der Waals surface area (Å²) >= 11 is 0. The van der Waals surface area contributed by atoms with Gasteiger partial charge in [-0.15, -0.1) is 0 Å². The minimum Gasteiger partial charge on any atom is -0.480 e. The van der Waals surface area contributed by atoms with Crippen LogP contribution in [0.5, 0.6) is 0 Å². The molecule has 0 aromatic heterocycles. The molecule has 0 saturated carbocycles. The zero-order valence-electron chi connectivity index (χ0n) is 9.41. The zero-order chi connectivity index (χ0) is 12.1. The monoisotopic (exact) mass is 217 g/mol. The van der Waals surface area contributed by atoms with E-state index in [1.54, 1.807) is 0 Å². The van der Waals surface area contributed by atoms with E-state index in [2.05, 4.69) is 5.32 Å². The molecule has 1 amide bonds. The molecule has 0 aliphatic heterocycles. The Morgan fingerprint density at radius 3 is 2.20 bits per heavy atom. The Morgan fingerprint density at radius 2 is 1.87 bits per heavy atom. The predicted molar refractivity (Wildman–Crippen MR) is 55.3 cm³/mol. The Kier molecular flexibility index (Phi) is 5.28. The van der Waals surface area contributed by atoms with E-state index in [9.17, 15) is 9.59 Å². The van der Waals surface area contributed by atoms with Gasteiger partial charge in [0.05, 0.1) is 0 Å². The minimum absolute atomic E-state index is 0.0330. The Labute approximate surface area is 89.5 Å². The van der Waals surface area contributed by atoms with Gasteiger partial charge in [0.2, 0.25) is 5.91 Å². The number of hydrogen-bond acceptors (Lipinski definition) is 3. The highest BCUT2D eigenvalue weighted by molar-refractivity contribution is 5.83. The van der Waals surface area contributed by atoms with Crippen molar-refractivity contribution in [3.8, 4) is 0 Å². The van der Waals surface area contributed by atoms with Crippen molar-refractivity contribution in [2.75, 3.05) is 6.61 Å². The fraction of sp³-hybridized carbons (Fsp3) is 0.800. The third kappa shape index (κ3) is 6.90. The Balaban J connectivity index is 4.18. The molecule has 0 aliphatic carbocycles. The number of carbonyl (C=O) groups is 2. The molecule has 3 N–H and O–H groups in total. The van der Waals surface area contributed by atoms with Crippen LogP contribution in [0.1, 0.15) is 33.6 Å². The topological polar surface area (TPSA) is 86.6 Å². The number of carboxylic acid groups (broad SMARTS) is 1. The maximum atomic E-state index is 11.4. The highest BCUT2D eigenvalue weighted by Crippen LogP contribution is 2.17. The maximum absolute atomic E-state index is 11.4. The summed E-state index contributed by atoms with van der Waals surface area (Å²) in [5.74, 6) is -1.42. The summed E-state index contributed by atoms with van der Waals surface area (Å²) < 4.78 is 0. The van der Waals surface area contributed by atoms with Crippen LogP contribution >= 0.6 is 0 Å². The molecule has 0 bridgehead atoms. The fourth-order valence-corrected chi connectivity index (χ4v) is 1.11. The van der Waals surface area contributed by atoms with Gasteiger partial charge >= 0.3 is 5.97 Å². The van der Waals surface area contributed by atoms with Crippen LogP contribution in [0.15, 0.2) is 0 Å². The molecule has 88 valence electrons. The quantitative estimate of drug-likeness (QED) is 0.621. The molecular formula is C10H19NO4. The number of aliphatic hydroxyl groups excluding tert-OH is 1. The SMILES string of the molecule is CC(C)(C)CC(=O)NC(CCO)C(=O)O. The van der Waals surface area contributed by atoms with Crippen LogP contribution in [0.4, 0.5) is 0 Å². The number of hydrogen-bond donors (Lipinski definition) is 3. The Bertz CT molecular complexity index is 232. The summed E-state index contributed by atoms with van der Waals surface area (Å²) in [5, 5.41) is 19.7. The van der Waals surface area contributed by atoms with E-state index in [1.807, 2.05) is 20.8 Å². The van der Waals surface area contributed by atoms with Crippen LogP contribution in [-0.4, -0.2) is 34.7 Å². The molecule has 5 nitrogen and oxygen atoms in total. The lowest BCUT2D eigenvalue weighted by Gasteiger charge is -2.19. The van der Waals surface area contributed by atoms with Gasteiger partial charge in [-0.3, -0.25) is 4.79 Å². The van der Waals surface area contributed by atoms with E-state index < -0.39 is 12.0 Å². The van der Waals surface area contributed by atoms with E-state index in [0.29, 0.717) is 0 Å². The molecule has 0 fully saturated rings. The van der Waals surface area contributed by atoms with E-state index in [1.165, 1.54) is 0 Å². The largest absolute Gasteiger partial charge is 0.480 e. The van der Waals surface area contributed by atoms with Crippen molar-refractivity contribution in [2.24, 2.45) is 5.41 Å². The van der Waals surface area contributed by atoms with Crippen molar-refractivity contribution >= 4 is 11.9 Å². The van der Waals surface area contributed by atoms with Gasteiger partial charge in [0.25, 0.3) is 0 Å². The smallest absolute Gasteiger partial charge is 0.326 e. The summed E-state index contributed by atoms with van der Waals surface area (Å²) in [6, 6.07) is -0.996. The summed E-state index contributed by atoms with van der Waals surface area (Å²) in [7, 11) is 0. The van der Waals surface area contributed by atoms with E-state index in [-0.39, 0.29) is 30.8 Å². The summed E-state index contributed by atoms with van der Waals surface area (Å²) in [5.41, 5.74) is -0.174. The minimum atomic E-state index is -1.12. The van der Waals surface area contributed by atoms with Gasteiger partial charge in [0.1, 0.15) is 6.04 Å². The predicted octanol–water partition coefficient (Wildman–Crippen LogP) is 0.374. The van der Waals surface area contributed by atoms with Crippen molar-refractivity contribution in [3.05, 3.63) is 0 Å². The van der Waals surface area contributed by atoms with Crippen molar-refractivity contribution in [1.82, 2.24) is 5.32 Å². The Morgan fingerprint density at radius 1 is 1.33 bits per heavy atom. The van der Waals surface area contributed by atoms with Gasteiger partial charge in [0, 0.05) is 19.4 Å². The van der Waals surface area contributed by atoms with Crippen LogP contribution < -0.4 is 5.32 Å². The molecule has 15 heavy (non-hydrogen) atoms. The second-order valence-electron chi connectivity index (χ2n) is 4.71. The molecule has 0 aromatic carbocycles. The van der Waals surface area contributed by atoms with E-state index in [4.69, 9.17) is 10.2 Å². The second kappa shape index (κ2) is 5.70. The van der Waals surface area contributed by atoms with Gasteiger partial charge in [-0.05, 0) is 5.41 Å². The second-order valence-corrected chi connectivity index (χ2v) is 4.71. The number of aliphatic hydroxyl groups is 1. The van der Waals surface area contributed by atoms with E-state index >= 15 is 0 Å². The molecule has 0 radical (unpaired) electrons. The molecule has 1 unspecified atom stereocenters. The number of rotatable bonds is 5. The molecule has 0 heterocycles. The first-order valence-electron chi connectivity index (χ1n) is 4.89. The number of carboxylic acids is 1. The van der Waals surface area contributed by atoms with Crippen molar-refractivity contribution < 1.29 is 19.8 Å². The van der Waals surface area contributed by atoms with Crippen LogP contribution in [-0.2, 0) is 9.59 Å².